The van der Waals surface area contributed by atoms with Gasteiger partial charge in [-0.1, -0.05) is 0 Å². The lowest BCUT2D eigenvalue weighted by Crippen LogP contribution is -2.20. The maximum Gasteiger partial charge on any atom is 0.411 e. The summed E-state index contributed by atoms with van der Waals surface area (Å²) in [6.07, 6.45) is -4.42. The zero-order valence-corrected chi connectivity index (χ0v) is 10.1. The van der Waals surface area contributed by atoms with Crippen molar-refractivity contribution >= 4 is 17.3 Å². The van der Waals surface area contributed by atoms with Crippen molar-refractivity contribution in [2.45, 2.75) is 6.18 Å². The zero-order chi connectivity index (χ0) is 15.3. The number of carbonyl (C=O) groups is 1. The van der Waals surface area contributed by atoms with Crippen molar-refractivity contribution in [1.82, 2.24) is 0 Å². The third-order valence-corrected chi connectivity index (χ3v) is 2.23. The number of alkyl halides is 3. The molecule has 20 heavy (non-hydrogen) atoms. The SMILES string of the molecule is Nc1c(F)ccc(NCCOCC(F)(F)F)c1C(=O)O. The first kappa shape index (κ1) is 16.0. The van der Waals surface area contributed by atoms with E-state index < -0.39 is 35.8 Å². The van der Waals surface area contributed by atoms with E-state index in [1.165, 1.54) is 0 Å². The number of rotatable bonds is 6. The minimum absolute atomic E-state index is 0.00649. The van der Waals surface area contributed by atoms with Crippen LogP contribution in [0.3, 0.4) is 0 Å². The van der Waals surface area contributed by atoms with Crippen LogP contribution < -0.4 is 11.1 Å². The molecule has 0 radical (unpaired) electrons. The summed E-state index contributed by atoms with van der Waals surface area (Å²) in [6.45, 7) is -1.77. The molecule has 0 saturated carbocycles. The van der Waals surface area contributed by atoms with E-state index in [1.807, 2.05) is 0 Å². The summed E-state index contributed by atoms with van der Waals surface area (Å²) in [6, 6.07) is 2.10. The normalized spacial score (nSPS) is 11.4. The Morgan fingerprint density at radius 1 is 1.40 bits per heavy atom. The van der Waals surface area contributed by atoms with Crippen molar-refractivity contribution < 1.29 is 32.2 Å². The second kappa shape index (κ2) is 6.42. The molecule has 9 heteroatoms. The molecule has 1 aromatic rings. The maximum absolute atomic E-state index is 13.1. The number of nitrogens with one attached hydrogen (secondary N) is 1. The van der Waals surface area contributed by atoms with Crippen LogP contribution in [-0.4, -0.2) is 37.0 Å². The smallest absolute Gasteiger partial charge is 0.411 e. The highest BCUT2D eigenvalue weighted by atomic mass is 19.4. The minimum atomic E-state index is -4.42. The second-order valence-electron chi connectivity index (χ2n) is 3.78. The molecular weight excluding hydrogens is 284 g/mol. The van der Waals surface area contributed by atoms with Gasteiger partial charge in [0.25, 0.3) is 0 Å². The van der Waals surface area contributed by atoms with Crippen LogP contribution in [-0.2, 0) is 4.74 Å². The number of nitrogens with two attached hydrogens (primary N) is 1. The number of hydrogen-bond donors (Lipinski definition) is 3. The number of halogens is 4. The fourth-order valence-electron chi connectivity index (χ4n) is 1.42. The van der Waals surface area contributed by atoms with Crippen molar-refractivity contribution in [3.05, 3.63) is 23.5 Å². The van der Waals surface area contributed by atoms with Crippen LogP contribution in [0.1, 0.15) is 10.4 Å². The number of hydrogen-bond acceptors (Lipinski definition) is 4. The topological polar surface area (TPSA) is 84.6 Å². The van der Waals surface area contributed by atoms with Gasteiger partial charge in [0.15, 0.2) is 0 Å². The number of carboxylic acids is 1. The Bertz CT molecular complexity index is 491. The van der Waals surface area contributed by atoms with Crippen LogP contribution in [0.15, 0.2) is 12.1 Å². The molecule has 0 heterocycles. The van der Waals surface area contributed by atoms with Gasteiger partial charge in [0.1, 0.15) is 18.0 Å². The van der Waals surface area contributed by atoms with Gasteiger partial charge < -0.3 is 20.9 Å². The molecular formula is C11H12F4N2O3. The van der Waals surface area contributed by atoms with Gasteiger partial charge in [-0.2, -0.15) is 13.2 Å². The monoisotopic (exact) mass is 296 g/mol. The Balaban J connectivity index is 2.61. The Kier molecular flexibility index (Phi) is 5.14. The van der Waals surface area contributed by atoms with Crippen LogP contribution >= 0.6 is 0 Å². The summed E-state index contributed by atoms with van der Waals surface area (Å²) >= 11 is 0. The molecule has 0 saturated heterocycles. The van der Waals surface area contributed by atoms with Crippen molar-refractivity contribution in [3.8, 4) is 0 Å². The van der Waals surface area contributed by atoms with Crippen LogP contribution in [0.2, 0.25) is 0 Å². The summed E-state index contributed by atoms with van der Waals surface area (Å²) in [4.78, 5) is 10.9. The molecule has 1 rings (SSSR count). The van der Waals surface area contributed by atoms with Crippen molar-refractivity contribution in [1.29, 1.82) is 0 Å². The molecule has 1 aromatic carbocycles. The fraction of sp³-hybridized carbons (Fsp3) is 0.364. The van der Waals surface area contributed by atoms with Crippen molar-refractivity contribution in [2.24, 2.45) is 0 Å². The Morgan fingerprint density at radius 3 is 2.60 bits per heavy atom. The molecule has 0 fully saturated rings. The van der Waals surface area contributed by atoms with E-state index in [0.29, 0.717) is 0 Å². The molecule has 0 aliphatic carbocycles. The predicted octanol–water partition coefficient (Wildman–Crippen LogP) is 2.10. The molecule has 0 atom stereocenters. The van der Waals surface area contributed by atoms with E-state index in [1.54, 1.807) is 0 Å². The largest absolute Gasteiger partial charge is 0.478 e. The van der Waals surface area contributed by atoms with Gasteiger partial charge in [0.2, 0.25) is 0 Å². The van der Waals surface area contributed by atoms with Crippen molar-refractivity contribution in [2.75, 3.05) is 30.8 Å². The first-order chi connectivity index (χ1) is 9.22. The third-order valence-electron chi connectivity index (χ3n) is 2.23. The lowest BCUT2D eigenvalue weighted by atomic mass is 10.1. The molecule has 5 nitrogen and oxygen atoms in total. The Morgan fingerprint density at radius 2 is 2.05 bits per heavy atom. The van der Waals surface area contributed by atoms with E-state index in [4.69, 9.17) is 10.8 Å². The van der Waals surface area contributed by atoms with E-state index >= 15 is 0 Å². The number of anilines is 2. The molecule has 0 aliphatic heterocycles. The summed E-state index contributed by atoms with van der Waals surface area (Å²) in [5.74, 6) is -2.33. The van der Waals surface area contributed by atoms with E-state index in [0.717, 1.165) is 12.1 Å². The average molecular weight is 296 g/mol. The summed E-state index contributed by atoms with van der Waals surface area (Å²) in [7, 11) is 0. The van der Waals surface area contributed by atoms with Crippen LogP contribution in [0.25, 0.3) is 0 Å². The lowest BCUT2D eigenvalue weighted by Gasteiger charge is -2.12. The highest BCUT2D eigenvalue weighted by molar-refractivity contribution is 6.00. The molecule has 112 valence electrons. The molecule has 0 spiro atoms. The summed E-state index contributed by atoms with van der Waals surface area (Å²) in [5.41, 5.74) is 4.29. The first-order valence-corrected chi connectivity index (χ1v) is 5.42. The maximum atomic E-state index is 13.1. The zero-order valence-electron chi connectivity index (χ0n) is 10.1. The molecule has 4 N–H and O–H groups in total. The van der Waals surface area contributed by atoms with Gasteiger partial charge in [-0.15, -0.1) is 0 Å². The van der Waals surface area contributed by atoms with Crippen LogP contribution in [0.5, 0.6) is 0 Å². The molecule has 0 aromatic heterocycles. The van der Waals surface area contributed by atoms with Gasteiger partial charge >= 0.3 is 12.1 Å². The van der Waals surface area contributed by atoms with Gasteiger partial charge in [-0.05, 0) is 12.1 Å². The quantitative estimate of drug-likeness (QED) is 0.425. The first-order valence-electron chi connectivity index (χ1n) is 5.42. The molecule has 0 aliphatic rings. The van der Waals surface area contributed by atoms with Crippen LogP contribution in [0, 0.1) is 5.82 Å². The number of benzene rings is 1. The van der Waals surface area contributed by atoms with E-state index in [-0.39, 0.29) is 18.8 Å². The van der Waals surface area contributed by atoms with E-state index in [9.17, 15) is 22.4 Å². The second-order valence-corrected chi connectivity index (χ2v) is 3.78. The number of aromatic carboxylic acids is 1. The predicted molar refractivity (Wildman–Crippen MR) is 63.1 cm³/mol. The van der Waals surface area contributed by atoms with E-state index in [2.05, 4.69) is 10.1 Å². The Hall–Kier alpha value is -2.03. The third kappa shape index (κ3) is 4.57. The number of ether oxygens (including phenoxy) is 1. The summed E-state index contributed by atoms with van der Waals surface area (Å²) < 4.78 is 52.8. The van der Waals surface area contributed by atoms with Crippen LogP contribution in [0.4, 0.5) is 28.9 Å². The summed E-state index contributed by atoms with van der Waals surface area (Å²) in [5, 5.41) is 11.4. The fourth-order valence-corrected chi connectivity index (χ4v) is 1.42. The minimum Gasteiger partial charge on any atom is -0.478 e. The van der Waals surface area contributed by atoms with Gasteiger partial charge in [0.05, 0.1) is 18.0 Å². The molecule has 0 amide bonds. The van der Waals surface area contributed by atoms with Gasteiger partial charge in [-0.3, -0.25) is 0 Å². The van der Waals surface area contributed by atoms with Gasteiger partial charge in [-0.25, -0.2) is 9.18 Å². The molecule has 0 unspecified atom stereocenters. The average Bonchev–Trinajstić information content (AvgIpc) is 2.31. The van der Waals surface area contributed by atoms with Crippen molar-refractivity contribution in [3.63, 3.8) is 0 Å². The number of nitrogen functional groups attached to an aromatic ring is 1. The molecule has 0 bridgehead atoms. The standard InChI is InChI=1S/C11H12F4N2O3/c12-6-1-2-7(8(9(6)16)10(18)19)17-3-4-20-5-11(13,14)15/h1-2,17H,3-5,16H2,(H,18,19). The number of carboxylic acid groups (broad SMARTS) is 1. The lowest BCUT2D eigenvalue weighted by molar-refractivity contribution is -0.172. The Labute approximate surface area is 111 Å². The highest BCUT2D eigenvalue weighted by Gasteiger charge is 2.27. The highest BCUT2D eigenvalue weighted by Crippen LogP contribution is 2.25. The van der Waals surface area contributed by atoms with Gasteiger partial charge in [0, 0.05) is 6.54 Å².